The minimum Gasteiger partial charge on any atom is -0.508 e. The first kappa shape index (κ1) is 16.1. The Morgan fingerprint density at radius 3 is 2.75 bits per heavy atom. The lowest BCUT2D eigenvalue weighted by molar-refractivity contribution is -0.121. The molecule has 0 saturated carbocycles. The number of furan rings is 1. The van der Waals surface area contributed by atoms with Gasteiger partial charge in [0.05, 0.1) is 6.26 Å². The largest absolute Gasteiger partial charge is 0.508 e. The lowest BCUT2D eigenvalue weighted by atomic mass is 9.95. The molecule has 0 aliphatic heterocycles. The minimum absolute atomic E-state index is 0.0504. The molecular weight excluding hydrogens is 302 g/mol. The number of benzene rings is 2. The van der Waals surface area contributed by atoms with Gasteiger partial charge in [-0.15, -0.1) is 0 Å². The van der Waals surface area contributed by atoms with Crippen molar-refractivity contribution in [2.45, 2.75) is 32.2 Å². The van der Waals surface area contributed by atoms with Crippen LogP contribution in [0.5, 0.6) is 5.75 Å². The number of amides is 1. The quantitative estimate of drug-likeness (QED) is 0.700. The Hall–Kier alpha value is -2.75. The molecule has 24 heavy (non-hydrogen) atoms. The average Bonchev–Trinajstić information content (AvgIpc) is 3.13. The summed E-state index contributed by atoms with van der Waals surface area (Å²) in [4.78, 5) is 12.3. The third kappa shape index (κ3) is 3.27. The van der Waals surface area contributed by atoms with E-state index in [2.05, 4.69) is 5.32 Å². The normalized spacial score (nSPS) is 12.2. The van der Waals surface area contributed by atoms with Gasteiger partial charge in [-0.2, -0.15) is 0 Å². The van der Waals surface area contributed by atoms with Gasteiger partial charge in [0.25, 0.3) is 0 Å². The predicted molar refractivity (Wildman–Crippen MR) is 93.8 cm³/mol. The van der Waals surface area contributed by atoms with E-state index in [1.807, 2.05) is 43.3 Å². The highest BCUT2D eigenvalue weighted by molar-refractivity contribution is 5.89. The number of hydrogen-bond acceptors (Lipinski definition) is 3. The van der Waals surface area contributed by atoms with Crippen LogP contribution in [0, 0.1) is 0 Å². The molecule has 4 nitrogen and oxygen atoms in total. The number of aromatic hydroxyl groups is 1. The van der Waals surface area contributed by atoms with Gasteiger partial charge in [-0.3, -0.25) is 4.79 Å². The molecule has 3 rings (SSSR count). The van der Waals surface area contributed by atoms with E-state index in [0.29, 0.717) is 17.7 Å². The summed E-state index contributed by atoms with van der Waals surface area (Å²) in [7, 11) is 0. The standard InChI is InChI=1S/C20H21NO3/c1-2-3-10-18(23)21-20(17-9-6-13-24-17)19-15-8-5-4-7-14(15)11-12-16(19)22/h4-9,11-13,20,22H,2-3,10H2,1H3,(H,21,23)/t20-/m0/s1. The van der Waals surface area contributed by atoms with E-state index in [-0.39, 0.29) is 11.7 Å². The number of rotatable bonds is 6. The van der Waals surface area contributed by atoms with Crippen LogP contribution in [-0.2, 0) is 4.79 Å². The molecule has 0 radical (unpaired) electrons. The van der Waals surface area contributed by atoms with Crippen LogP contribution < -0.4 is 5.32 Å². The van der Waals surface area contributed by atoms with Gasteiger partial charge in [0.1, 0.15) is 17.6 Å². The molecule has 2 aromatic carbocycles. The fraction of sp³-hybridized carbons (Fsp3) is 0.250. The summed E-state index contributed by atoms with van der Waals surface area (Å²) in [6.07, 6.45) is 3.82. The van der Waals surface area contributed by atoms with Gasteiger partial charge >= 0.3 is 0 Å². The highest BCUT2D eigenvalue weighted by Crippen LogP contribution is 2.36. The monoisotopic (exact) mass is 323 g/mol. The molecule has 1 heterocycles. The van der Waals surface area contributed by atoms with Gasteiger partial charge < -0.3 is 14.8 Å². The number of fused-ring (bicyclic) bond motifs is 1. The second kappa shape index (κ2) is 7.21. The van der Waals surface area contributed by atoms with Gasteiger partial charge in [-0.1, -0.05) is 43.7 Å². The topological polar surface area (TPSA) is 62.5 Å². The van der Waals surface area contributed by atoms with E-state index in [4.69, 9.17) is 4.42 Å². The molecule has 0 saturated heterocycles. The van der Waals surface area contributed by atoms with Crippen molar-refractivity contribution >= 4 is 16.7 Å². The van der Waals surface area contributed by atoms with E-state index >= 15 is 0 Å². The summed E-state index contributed by atoms with van der Waals surface area (Å²) in [6, 6.07) is 14.4. The smallest absolute Gasteiger partial charge is 0.220 e. The van der Waals surface area contributed by atoms with Crippen LogP contribution in [0.2, 0.25) is 0 Å². The molecular formula is C20H21NO3. The molecule has 0 unspecified atom stereocenters. The molecule has 3 aromatic rings. The van der Waals surface area contributed by atoms with Gasteiger partial charge in [-0.25, -0.2) is 0 Å². The first-order valence-electron chi connectivity index (χ1n) is 8.24. The molecule has 124 valence electrons. The number of unbranched alkanes of at least 4 members (excludes halogenated alkanes) is 1. The van der Waals surface area contributed by atoms with Crippen molar-refractivity contribution in [2.24, 2.45) is 0 Å². The van der Waals surface area contributed by atoms with Crippen molar-refractivity contribution < 1.29 is 14.3 Å². The number of phenols is 1. The molecule has 2 N–H and O–H groups in total. The maximum absolute atomic E-state index is 12.3. The lowest BCUT2D eigenvalue weighted by Crippen LogP contribution is -2.29. The molecule has 1 amide bonds. The van der Waals surface area contributed by atoms with Gasteiger partial charge in [-0.05, 0) is 35.4 Å². The fourth-order valence-electron chi connectivity index (χ4n) is 2.90. The fourth-order valence-corrected chi connectivity index (χ4v) is 2.90. The molecule has 4 heteroatoms. The van der Waals surface area contributed by atoms with Crippen LogP contribution in [0.1, 0.15) is 43.6 Å². The maximum Gasteiger partial charge on any atom is 0.220 e. The zero-order chi connectivity index (χ0) is 16.9. The number of phenolic OH excluding ortho intramolecular Hbond substituents is 1. The Morgan fingerprint density at radius 1 is 1.17 bits per heavy atom. The van der Waals surface area contributed by atoms with E-state index in [9.17, 15) is 9.90 Å². The number of carbonyl (C=O) groups is 1. The van der Waals surface area contributed by atoms with E-state index in [1.165, 1.54) is 0 Å². The van der Waals surface area contributed by atoms with Crippen molar-refractivity contribution in [3.05, 3.63) is 66.1 Å². The molecule has 1 atom stereocenters. The Kier molecular flexibility index (Phi) is 4.85. The summed E-state index contributed by atoms with van der Waals surface area (Å²) in [5, 5.41) is 15.4. The number of hydrogen-bond donors (Lipinski definition) is 2. The van der Waals surface area contributed by atoms with Gasteiger partial charge in [0.2, 0.25) is 5.91 Å². The van der Waals surface area contributed by atoms with Gasteiger partial charge in [0.15, 0.2) is 0 Å². The van der Waals surface area contributed by atoms with Crippen LogP contribution in [0.25, 0.3) is 10.8 Å². The Balaban J connectivity index is 2.06. The maximum atomic E-state index is 12.3. The first-order chi connectivity index (χ1) is 11.7. The second-order valence-electron chi connectivity index (χ2n) is 5.84. The number of nitrogens with one attached hydrogen (secondary N) is 1. The average molecular weight is 323 g/mol. The number of carbonyl (C=O) groups excluding carboxylic acids is 1. The Labute approximate surface area is 141 Å². The summed E-state index contributed by atoms with van der Waals surface area (Å²) in [5.74, 6) is 0.697. The summed E-state index contributed by atoms with van der Waals surface area (Å²) >= 11 is 0. The van der Waals surface area contributed by atoms with Crippen LogP contribution in [0.4, 0.5) is 0 Å². The van der Waals surface area contributed by atoms with Crippen molar-refractivity contribution in [1.29, 1.82) is 0 Å². The molecule has 0 aliphatic rings. The zero-order valence-electron chi connectivity index (χ0n) is 13.7. The lowest BCUT2D eigenvalue weighted by Gasteiger charge is -2.20. The van der Waals surface area contributed by atoms with Crippen molar-refractivity contribution in [1.82, 2.24) is 5.32 Å². The molecule has 0 aliphatic carbocycles. The third-order valence-corrected chi connectivity index (χ3v) is 4.13. The van der Waals surface area contributed by atoms with Crippen LogP contribution in [0.3, 0.4) is 0 Å². The highest BCUT2D eigenvalue weighted by atomic mass is 16.3. The van der Waals surface area contributed by atoms with Crippen molar-refractivity contribution in [3.63, 3.8) is 0 Å². The van der Waals surface area contributed by atoms with E-state index < -0.39 is 6.04 Å². The first-order valence-corrected chi connectivity index (χ1v) is 8.24. The zero-order valence-corrected chi connectivity index (χ0v) is 13.7. The Bertz CT molecular complexity index is 824. The predicted octanol–water partition coefficient (Wildman–Crippen LogP) is 4.53. The highest BCUT2D eigenvalue weighted by Gasteiger charge is 2.24. The Morgan fingerprint density at radius 2 is 2.00 bits per heavy atom. The molecule has 0 fully saturated rings. The summed E-state index contributed by atoms with van der Waals surface area (Å²) < 4.78 is 5.53. The summed E-state index contributed by atoms with van der Waals surface area (Å²) in [5.41, 5.74) is 0.660. The van der Waals surface area contributed by atoms with E-state index in [1.54, 1.807) is 18.4 Å². The van der Waals surface area contributed by atoms with Crippen molar-refractivity contribution in [2.75, 3.05) is 0 Å². The van der Waals surface area contributed by atoms with E-state index in [0.717, 1.165) is 23.6 Å². The second-order valence-corrected chi connectivity index (χ2v) is 5.84. The molecule has 1 aromatic heterocycles. The van der Waals surface area contributed by atoms with Crippen LogP contribution in [0.15, 0.2) is 59.2 Å². The van der Waals surface area contributed by atoms with Crippen LogP contribution >= 0.6 is 0 Å². The van der Waals surface area contributed by atoms with Gasteiger partial charge in [0, 0.05) is 12.0 Å². The SMILES string of the molecule is CCCCC(=O)N[C@@H](c1ccco1)c1c(O)ccc2ccccc12. The molecule has 0 bridgehead atoms. The third-order valence-electron chi connectivity index (χ3n) is 4.13. The molecule has 0 spiro atoms. The summed E-state index contributed by atoms with van der Waals surface area (Å²) in [6.45, 7) is 2.05. The van der Waals surface area contributed by atoms with Crippen LogP contribution in [-0.4, -0.2) is 11.0 Å². The van der Waals surface area contributed by atoms with Crippen molar-refractivity contribution in [3.8, 4) is 5.75 Å². The minimum atomic E-state index is -0.518.